The monoisotopic (exact) mass is 492 g/mol. The molecule has 1 heterocycles. The summed E-state index contributed by atoms with van der Waals surface area (Å²) in [5, 5.41) is -0.471. The minimum atomic E-state index is -6.03. The van der Waals surface area contributed by atoms with Crippen molar-refractivity contribution in [3.8, 4) is 11.5 Å². The largest absolute Gasteiger partial charge is 0.534 e. The molecule has 0 aliphatic heterocycles. The zero-order chi connectivity index (χ0) is 23.4. The van der Waals surface area contributed by atoms with Crippen molar-refractivity contribution in [1.29, 1.82) is 0 Å². The summed E-state index contributed by atoms with van der Waals surface area (Å²) in [6.07, 6.45) is 0. The van der Waals surface area contributed by atoms with Gasteiger partial charge in [-0.25, -0.2) is 0 Å². The van der Waals surface area contributed by atoms with E-state index >= 15 is 0 Å². The molecule has 0 saturated heterocycles. The van der Waals surface area contributed by atoms with Gasteiger partial charge in [-0.3, -0.25) is 4.79 Å². The van der Waals surface area contributed by atoms with E-state index in [1.807, 2.05) is 0 Å². The summed E-state index contributed by atoms with van der Waals surface area (Å²) in [4.78, 5) is 12.5. The first-order valence-corrected chi connectivity index (χ1v) is 10.4. The van der Waals surface area contributed by atoms with E-state index in [9.17, 15) is 48.0 Å². The number of alkyl halides is 6. The smallest absolute Gasteiger partial charge is 0.456 e. The van der Waals surface area contributed by atoms with E-state index in [-0.39, 0.29) is 10.8 Å². The highest BCUT2D eigenvalue weighted by Gasteiger charge is 2.49. The molecule has 168 valence electrons. The standard InChI is InChI=1S/C15H6F6O8S2/c16-14(17,18)30(23,24)28-7-1-3-9-11(5-7)27-12-6-8(2-4-10(12)13(9)22)29-31(25,26)15(19,20)21/h1-6H. The molecular formula is C15H6F6O8S2. The number of rotatable bonds is 4. The summed E-state index contributed by atoms with van der Waals surface area (Å²) in [5.74, 6) is -1.75. The van der Waals surface area contributed by atoms with Gasteiger partial charge >= 0.3 is 31.3 Å². The number of hydrogen-bond donors (Lipinski definition) is 0. The van der Waals surface area contributed by atoms with Crippen LogP contribution in [0.5, 0.6) is 11.5 Å². The molecule has 0 fully saturated rings. The van der Waals surface area contributed by atoms with Crippen LogP contribution in [0.2, 0.25) is 0 Å². The third kappa shape index (κ3) is 4.25. The maximum Gasteiger partial charge on any atom is 0.534 e. The Labute approximate surface area is 167 Å². The van der Waals surface area contributed by atoms with Gasteiger partial charge in [0.1, 0.15) is 22.7 Å². The normalized spacial score (nSPS) is 13.5. The SMILES string of the molecule is O=c1c2ccc(OS(=O)(=O)C(F)(F)F)cc2oc2cc(OS(=O)(=O)C(F)(F)F)ccc12. The molecule has 2 aromatic carbocycles. The van der Waals surface area contributed by atoms with Crippen LogP contribution in [-0.4, -0.2) is 27.9 Å². The first-order chi connectivity index (χ1) is 14.0. The predicted molar refractivity (Wildman–Crippen MR) is 91.2 cm³/mol. The Morgan fingerprint density at radius 3 is 1.35 bits per heavy atom. The van der Waals surface area contributed by atoms with Gasteiger partial charge in [0.15, 0.2) is 0 Å². The van der Waals surface area contributed by atoms with Gasteiger partial charge < -0.3 is 12.8 Å². The molecular weight excluding hydrogens is 486 g/mol. The Morgan fingerprint density at radius 2 is 1.03 bits per heavy atom. The van der Waals surface area contributed by atoms with Crippen LogP contribution in [0.25, 0.3) is 21.9 Å². The van der Waals surface area contributed by atoms with Crippen LogP contribution in [-0.2, 0) is 20.2 Å². The van der Waals surface area contributed by atoms with Gasteiger partial charge in [0.05, 0.1) is 10.8 Å². The van der Waals surface area contributed by atoms with Gasteiger partial charge in [-0.1, -0.05) is 0 Å². The molecule has 16 heteroatoms. The fourth-order valence-corrected chi connectivity index (χ4v) is 3.17. The molecule has 0 amide bonds. The van der Waals surface area contributed by atoms with Crippen molar-refractivity contribution >= 4 is 42.2 Å². The Bertz CT molecular complexity index is 1350. The average Bonchev–Trinajstić information content (AvgIpc) is 2.59. The summed E-state index contributed by atoms with van der Waals surface area (Å²) in [6, 6.07) is 4.56. The van der Waals surface area contributed by atoms with Gasteiger partial charge in [0.2, 0.25) is 5.43 Å². The lowest BCUT2D eigenvalue weighted by Crippen LogP contribution is -2.28. The van der Waals surface area contributed by atoms with E-state index in [1.165, 1.54) is 0 Å². The first kappa shape index (κ1) is 22.7. The van der Waals surface area contributed by atoms with Crippen LogP contribution in [0, 0.1) is 0 Å². The summed E-state index contributed by atoms with van der Waals surface area (Å²) >= 11 is 0. The highest BCUT2D eigenvalue weighted by Crippen LogP contribution is 2.31. The molecule has 1 aromatic heterocycles. The molecule has 0 aliphatic carbocycles. The summed E-state index contributed by atoms with van der Waals surface area (Å²) < 4.78 is 132. The fraction of sp³-hybridized carbons (Fsp3) is 0.133. The van der Waals surface area contributed by atoms with Crippen LogP contribution in [0.1, 0.15) is 0 Å². The molecule has 0 saturated carbocycles. The average molecular weight is 492 g/mol. The molecule has 0 unspecified atom stereocenters. The maximum absolute atomic E-state index is 12.5. The zero-order valence-electron chi connectivity index (χ0n) is 14.3. The van der Waals surface area contributed by atoms with Crippen molar-refractivity contribution in [2.24, 2.45) is 0 Å². The Morgan fingerprint density at radius 1 is 0.677 bits per heavy atom. The van der Waals surface area contributed by atoms with Crippen LogP contribution in [0.3, 0.4) is 0 Å². The van der Waals surface area contributed by atoms with Crippen molar-refractivity contribution in [3.05, 3.63) is 46.6 Å². The van der Waals surface area contributed by atoms with Crippen molar-refractivity contribution < 1.29 is 56.0 Å². The van der Waals surface area contributed by atoms with E-state index in [0.29, 0.717) is 12.1 Å². The van der Waals surface area contributed by atoms with Crippen LogP contribution >= 0.6 is 0 Å². The molecule has 0 radical (unpaired) electrons. The summed E-state index contributed by atoms with van der Waals surface area (Å²) in [7, 11) is -12.1. The van der Waals surface area contributed by atoms with Crippen molar-refractivity contribution in [3.63, 3.8) is 0 Å². The van der Waals surface area contributed by atoms with Crippen molar-refractivity contribution in [2.75, 3.05) is 0 Å². The second-order valence-corrected chi connectivity index (χ2v) is 8.79. The molecule has 3 rings (SSSR count). The van der Waals surface area contributed by atoms with Gasteiger partial charge in [0, 0.05) is 12.1 Å². The Kier molecular flexibility index (Phi) is 5.13. The minimum Gasteiger partial charge on any atom is -0.456 e. The molecule has 0 bridgehead atoms. The van der Waals surface area contributed by atoms with Crippen molar-refractivity contribution in [1.82, 2.24) is 0 Å². The van der Waals surface area contributed by atoms with E-state index in [2.05, 4.69) is 8.37 Å². The zero-order valence-corrected chi connectivity index (χ0v) is 15.9. The fourth-order valence-electron chi connectivity index (χ4n) is 2.26. The highest BCUT2D eigenvalue weighted by atomic mass is 32.2. The van der Waals surface area contributed by atoms with E-state index in [4.69, 9.17) is 4.42 Å². The first-order valence-electron chi connectivity index (χ1n) is 7.54. The predicted octanol–water partition coefficient (Wildman–Crippen LogP) is 3.40. The number of fused-ring (bicyclic) bond motifs is 2. The second kappa shape index (κ2) is 7.01. The molecule has 0 spiro atoms. The third-order valence-corrected chi connectivity index (χ3v) is 5.55. The number of halogens is 6. The lowest BCUT2D eigenvalue weighted by Gasteiger charge is -2.11. The van der Waals surface area contributed by atoms with Crippen molar-refractivity contribution in [2.45, 2.75) is 11.0 Å². The lowest BCUT2D eigenvalue weighted by molar-refractivity contribution is -0.0504. The maximum atomic E-state index is 12.5. The molecule has 3 aromatic rings. The van der Waals surface area contributed by atoms with Gasteiger partial charge in [-0.2, -0.15) is 43.2 Å². The quantitative estimate of drug-likeness (QED) is 0.236. The minimum absolute atomic E-state index is 0.235. The van der Waals surface area contributed by atoms with Gasteiger partial charge in [-0.05, 0) is 24.3 Å². The lowest BCUT2D eigenvalue weighted by atomic mass is 10.1. The summed E-state index contributed by atoms with van der Waals surface area (Å²) in [6.45, 7) is 0. The molecule has 0 aliphatic rings. The number of benzene rings is 2. The Hall–Kier alpha value is -3.01. The summed E-state index contributed by atoms with van der Waals surface area (Å²) in [5.41, 5.74) is -13.3. The topological polar surface area (TPSA) is 117 Å². The van der Waals surface area contributed by atoms with Crippen LogP contribution in [0.15, 0.2) is 45.6 Å². The van der Waals surface area contributed by atoms with Gasteiger partial charge in [-0.15, -0.1) is 0 Å². The van der Waals surface area contributed by atoms with E-state index in [1.54, 1.807) is 0 Å². The van der Waals surface area contributed by atoms with Gasteiger partial charge in [0.25, 0.3) is 0 Å². The molecule has 0 N–H and O–H groups in total. The number of hydrogen-bond acceptors (Lipinski definition) is 8. The highest BCUT2D eigenvalue weighted by molar-refractivity contribution is 7.88. The molecule has 0 atom stereocenters. The van der Waals surface area contributed by atoms with Crippen LogP contribution in [0.4, 0.5) is 26.3 Å². The van der Waals surface area contributed by atoms with Crippen LogP contribution < -0.4 is 13.8 Å². The molecule has 8 nitrogen and oxygen atoms in total. The Balaban J connectivity index is 2.11. The molecule has 31 heavy (non-hydrogen) atoms. The third-order valence-electron chi connectivity index (χ3n) is 3.59. The second-order valence-electron chi connectivity index (χ2n) is 5.71. The van der Waals surface area contributed by atoms with E-state index < -0.39 is 59.3 Å². The van der Waals surface area contributed by atoms with E-state index in [0.717, 1.165) is 24.3 Å².